The van der Waals surface area contributed by atoms with Gasteiger partial charge >= 0.3 is 11.9 Å². The molecule has 2 heterocycles. The number of aryl methyl sites for hydroxylation is 1. The number of aliphatic hydroxyl groups excluding tert-OH is 2. The van der Waals surface area contributed by atoms with Crippen molar-refractivity contribution in [3.05, 3.63) is 28.9 Å². The van der Waals surface area contributed by atoms with Gasteiger partial charge in [0.1, 0.15) is 0 Å². The van der Waals surface area contributed by atoms with E-state index in [0.717, 1.165) is 0 Å². The van der Waals surface area contributed by atoms with Crippen LogP contribution in [0.5, 0.6) is 11.5 Å². The Morgan fingerprint density at radius 3 is 2.32 bits per heavy atom. The fourth-order valence-electron chi connectivity index (χ4n) is 2.11. The van der Waals surface area contributed by atoms with Crippen LogP contribution in [0.3, 0.4) is 0 Å². The Morgan fingerprint density at radius 1 is 1.09 bits per heavy atom. The van der Waals surface area contributed by atoms with Gasteiger partial charge in [0, 0.05) is 10.4 Å². The molecule has 1 aliphatic heterocycles. The van der Waals surface area contributed by atoms with E-state index in [1.54, 1.807) is 25.1 Å². The van der Waals surface area contributed by atoms with Crippen molar-refractivity contribution in [3.8, 4) is 11.5 Å². The van der Waals surface area contributed by atoms with Gasteiger partial charge in [-0.25, -0.2) is 14.6 Å². The van der Waals surface area contributed by atoms with E-state index in [1.807, 2.05) is 0 Å². The van der Waals surface area contributed by atoms with Gasteiger partial charge < -0.3 is 19.7 Å². The Morgan fingerprint density at radius 2 is 1.68 bits per heavy atom. The summed E-state index contributed by atoms with van der Waals surface area (Å²) in [6.07, 6.45) is -4.06. The lowest BCUT2D eigenvalue weighted by Crippen LogP contribution is -2.45. The molecule has 8 heteroatoms. The summed E-state index contributed by atoms with van der Waals surface area (Å²) in [4.78, 5) is 27.8. The number of hydrogen-bond acceptors (Lipinski definition) is 7. The molecule has 2 atom stereocenters. The maximum atomic E-state index is 11.8. The fourth-order valence-corrected chi connectivity index (χ4v) is 2.27. The number of fused-ring (bicyclic) bond motifs is 3. The topological polar surface area (TPSA) is 106 Å². The lowest BCUT2D eigenvalue weighted by Gasteiger charge is -2.22. The zero-order chi connectivity index (χ0) is 16.0. The summed E-state index contributed by atoms with van der Waals surface area (Å²) in [7, 11) is 0. The number of pyridine rings is 1. The monoisotopic (exact) mass is 323 g/mol. The van der Waals surface area contributed by atoms with Gasteiger partial charge in [-0.2, -0.15) is 0 Å². The summed E-state index contributed by atoms with van der Waals surface area (Å²) in [6, 6.07) is 4.67. The third-order valence-electron chi connectivity index (χ3n) is 3.21. The predicted octanol–water partition coefficient (Wildman–Crippen LogP) is 0.743. The largest absolute Gasteiger partial charge is 0.420 e. The first kappa shape index (κ1) is 14.7. The summed E-state index contributed by atoms with van der Waals surface area (Å²) in [5.74, 6) is -2.46. The Labute approximate surface area is 129 Å². The number of carbonyl (C=O) groups is 2. The highest BCUT2D eigenvalue weighted by Gasteiger charge is 2.38. The number of halogens is 1. The maximum absolute atomic E-state index is 11.8. The molecule has 3 rings (SSSR count). The molecule has 0 saturated carbocycles. The van der Waals surface area contributed by atoms with E-state index < -0.39 is 24.1 Å². The number of ether oxygens (including phenoxy) is 2. The van der Waals surface area contributed by atoms with E-state index in [9.17, 15) is 19.8 Å². The van der Waals surface area contributed by atoms with E-state index in [0.29, 0.717) is 15.9 Å². The molecule has 114 valence electrons. The van der Waals surface area contributed by atoms with Crippen LogP contribution in [0.1, 0.15) is 5.69 Å². The van der Waals surface area contributed by atoms with Gasteiger partial charge in [-0.3, -0.25) is 0 Å². The Balaban J connectivity index is 2.28. The van der Waals surface area contributed by atoms with Gasteiger partial charge in [0.25, 0.3) is 0 Å². The minimum Gasteiger partial charge on any atom is -0.420 e. The average Bonchev–Trinajstić information content (AvgIpc) is 2.47. The highest BCUT2D eigenvalue weighted by atomic mass is 35.5. The van der Waals surface area contributed by atoms with Gasteiger partial charge in [-0.05, 0) is 25.1 Å². The zero-order valence-electron chi connectivity index (χ0n) is 11.2. The summed E-state index contributed by atoms with van der Waals surface area (Å²) in [6.45, 7) is 1.55. The minimum atomic E-state index is -2.03. The molecule has 0 fully saturated rings. The van der Waals surface area contributed by atoms with Gasteiger partial charge in [-0.15, -0.1) is 0 Å². The highest BCUT2D eigenvalue weighted by Crippen LogP contribution is 2.39. The average molecular weight is 324 g/mol. The van der Waals surface area contributed by atoms with Crippen LogP contribution in [0, 0.1) is 6.92 Å². The quantitative estimate of drug-likeness (QED) is 0.689. The predicted molar refractivity (Wildman–Crippen MR) is 74.8 cm³/mol. The molecule has 7 nitrogen and oxygen atoms in total. The van der Waals surface area contributed by atoms with Crippen LogP contribution < -0.4 is 9.47 Å². The van der Waals surface area contributed by atoms with Gasteiger partial charge in [0.05, 0.1) is 11.2 Å². The van der Waals surface area contributed by atoms with Crippen LogP contribution >= 0.6 is 11.6 Å². The van der Waals surface area contributed by atoms with Gasteiger partial charge in [0.15, 0.2) is 23.7 Å². The highest BCUT2D eigenvalue weighted by molar-refractivity contribution is 6.31. The molecule has 2 aromatic rings. The first-order valence-electron chi connectivity index (χ1n) is 6.28. The van der Waals surface area contributed by atoms with Crippen molar-refractivity contribution >= 4 is 34.4 Å². The zero-order valence-corrected chi connectivity index (χ0v) is 12.0. The van der Waals surface area contributed by atoms with Crippen LogP contribution in [0.4, 0.5) is 0 Å². The number of carbonyl (C=O) groups excluding carboxylic acids is 2. The molecular formula is C14H10ClNO6. The summed E-state index contributed by atoms with van der Waals surface area (Å²) < 4.78 is 10.1. The summed E-state index contributed by atoms with van der Waals surface area (Å²) >= 11 is 5.90. The van der Waals surface area contributed by atoms with Crippen molar-refractivity contribution in [2.45, 2.75) is 19.1 Å². The third-order valence-corrected chi connectivity index (χ3v) is 3.45. The first-order chi connectivity index (χ1) is 10.4. The van der Waals surface area contributed by atoms with Crippen LogP contribution in [-0.4, -0.2) is 39.3 Å². The molecular weight excluding hydrogens is 314 g/mol. The number of aliphatic hydroxyl groups is 2. The van der Waals surface area contributed by atoms with Crippen molar-refractivity contribution in [2.24, 2.45) is 0 Å². The van der Waals surface area contributed by atoms with Crippen molar-refractivity contribution in [2.75, 3.05) is 0 Å². The Hall–Kier alpha value is -2.22. The molecule has 1 aliphatic rings. The van der Waals surface area contributed by atoms with Crippen molar-refractivity contribution < 1.29 is 29.3 Å². The second-order valence-electron chi connectivity index (χ2n) is 4.75. The molecule has 22 heavy (non-hydrogen) atoms. The molecule has 0 saturated heterocycles. The number of esters is 2. The van der Waals surface area contributed by atoms with E-state index in [2.05, 4.69) is 4.98 Å². The number of rotatable bonds is 0. The molecule has 1 aromatic carbocycles. The third kappa shape index (κ3) is 2.29. The molecule has 0 radical (unpaired) electrons. The van der Waals surface area contributed by atoms with Crippen molar-refractivity contribution in [1.82, 2.24) is 4.98 Å². The fraction of sp³-hybridized carbons (Fsp3) is 0.214. The molecule has 0 spiro atoms. The minimum absolute atomic E-state index is 0.0523. The standard InChI is InChI=1S/C14H10ClNO6/c1-5-11-12(7-3-2-6(15)4-8(7)16-5)22-14(20)10(18)9(17)13(19)21-11/h2-4,9-10,17-18H,1H3. The molecule has 1 aromatic heterocycles. The molecule has 0 bridgehead atoms. The summed E-state index contributed by atoms with van der Waals surface area (Å²) in [5, 5.41) is 19.9. The van der Waals surface area contributed by atoms with Crippen LogP contribution in [0.25, 0.3) is 10.9 Å². The Kier molecular flexibility index (Phi) is 3.48. The first-order valence-corrected chi connectivity index (χ1v) is 6.65. The molecule has 0 aliphatic carbocycles. The van der Waals surface area contributed by atoms with Crippen LogP contribution in [0.2, 0.25) is 5.02 Å². The lowest BCUT2D eigenvalue weighted by molar-refractivity contribution is -0.164. The van der Waals surface area contributed by atoms with Gasteiger partial charge in [0.2, 0.25) is 0 Å². The van der Waals surface area contributed by atoms with E-state index in [1.165, 1.54) is 0 Å². The van der Waals surface area contributed by atoms with E-state index in [-0.39, 0.29) is 17.2 Å². The maximum Gasteiger partial charge on any atom is 0.343 e. The molecule has 2 N–H and O–H groups in total. The second-order valence-corrected chi connectivity index (χ2v) is 5.19. The number of aromatic nitrogens is 1. The van der Waals surface area contributed by atoms with Crippen LogP contribution in [0.15, 0.2) is 18.2 Å². The summed E-state index contributed by atoms with van der Waals surface area (Å²) in [5.41, 5.74) is 0.706. The number of benzene rings is 1. The number of hydrogen-bond donors (Lipinski definition) is 2. The Bertz CT molecular complexity index is 806. The van der Waals surface area contributed by atoms with Crippen molar-refractivity contribution in [3.63, 3.8) is 0 Å². The van der Waals surface area contributed by atoms with Gasteiger partial charge in [-0.1, -0.05) is 11.6 Å². The molecule has 2 unspecified atom stereocenters. The number of nitrogens with zero attached hydrogens (tertiary/aromatic N) is 1. The normalized spacial score (nSPS) is 21.6. The second kappa shape index (κ2) is 5.20. The molecule has 0 amide bonds. The SMILES string of the molecule is Cc1nc2cc(Cl)ccc2c2c1OC(=O)C(O)C(O)C(=O)O2. The smallest absolute Gasteiger partial charge is 0.343 e. The van der Waals surface area contributed by atoms with E-state index in [4.69, 9.17) is 21.1 Å². The van der Waals surface area contributed by atoms with E-state index >= 15 is 0 Å². The van der Waals surface area contributed by atoms with Crippen molar-refractivity contribution in [1.29, 1.82) is 0 Å². The lowest BCUT2D eigenvalue weighted by atomic mass is 10.1. The van der Waals surface area contributed by atoms with Crippen LogP contribution in [-0.2, 0) is 9.59 Å².